The van der Waals surface area contributed by atoms with Gasteiger partial charge in [0.2, 0.25) is 0 Å². The van der Waals surface area contributed by atoms with Crippen molar-refractivity contribution in [2.75, 3.05) is 25.4 Å². The second-order valence-corrected chi connectivity index (χ2v) is 10.6. The number of aliphatic imine (C=N–C) groups is 1. The number of hydrogen-bond acceptors (Lipinski definition) is 5. The topological polar surface area (TPSA) is 99.1 Å². The molecule has 0 spiro atoms. The van der Waals surface area contributed by atoms with Gasteiger partial charge in [0.25, 0.3) is 11.8 Å². The molecule has 1 unspecified atom stereocenters. The number of amidine groups is 1. The summed E-state index contributed by atoms with van der Waals surface area (Å²) in [5.41, 5.74) is 3.64. The number of nitrogens with zero attached hydrogens (tertiary/aromatic N) is 3. The van der Waals surface area contributed by atoms with Crippen molar-refractivity contribution in [1.29, 1.82) is 0 Å². The molecule has 32 heavy (non-hydrogen) atoms. The Morgan fingerprint density at radius 1 is 1.09 bits per heavy atom. The summed E-state index contributed by atoms with van der Waals surface area (Å²) >= 11 is 18.8. The summed E-state index contributed by atoms with van der Waals surface area (Å²) < 4.78 is 23.6. The van der Waals surface area contributed by atoms with Gasteiger partial charge >= 0.3 is 0 Å². The molecule has 1 N–H and O–H groups in total. The van der Waals surface area contributed by atoms with E-state index in [2.05, 4.69) is 10.4 Å². The number of nitrogens with one attached hydrogen (secondary N) is 1. The van der Waals surface area contributed by atoms with Crippen LogP contribution in [0.4, 0.5) is 11.4 Å². The molecule has 3 rings (SSSR count). The average Bonchev–Trinajstić information content (AvgIpc) is 2.96. The Morgan fingerprint density at radius 2 is 1.69 bits per heavy atom. The highest BCUT2D eigenvalue weighted by Gasteiger charge is 2.37. The molecule has 2 aromatic rings. The van der Waals surface area contributed by atoms with E-state index in [1.165, 1.54) is 23.1 Å². The van der Waals surface area contributed by atoms with Crippen LogP contribution in [0.15, 0.2) is 40.2 Å². The molecule has 1 saturated heterocycles. The molecule has 0 aromatic heterocycles. The van der Waals surface area contributed by atoms with Gasteiger partial charge in [0.1, 0.15) is 11.5 Å². The minimum atomic E-state index is -3.55. The highest BCUT2D eigenvalue weighted by Crippen LogP contribution is 2.38. The van der Waals surface area contributed by atoms with Crippen LogP contribution in [0.5, 0.6) is 0 Å². The summed E-state index contributed by atoms with van der Waals surface area (Å²) in [4.78, 5) is 30.9. The summed E-state index contributed by atoms with van der Waals surface area (Å²) in [6, 6.07) is 7.11. The van der Waals surface area contributed by atoms with E-state index in [0.717, 1.165) is 11.3 Å². The highest BCUT2D eigenvalue weighted by molar-refractivity contribution is 7.90. The van der Waals surface area contributed by atoms with E-state index < -0.39 is 21.7 Å². The average molecular weight is 518 g/mol. The maximum atomic E-state index is 12.9. The molecule has 1 aliphatic heterocycles. The lowest BCUT2D eigenvalue weighted by molar-refractivity contribution is -0.119. The minimum absolute atomic E-state index is 0.0242. The number of benzene rings is 2. The smallest absolute Gasteiger partial charge is 0.256 e. The van der Waals surface area contributed by atoms with Crippen molar-refractivity contribution in [2.24, 2.45) is 10.9 Å². The second kappa shape index (κ2) is 8.90. The van der Waals surface area contributed by atoms with Crippen LogP contribution in [-0.2, 0) is 14.6 Å². The molecule has 1 fully saturated rings. The summed E-state index contributed by atoms with van der Waals surface area (Å²) in [6.45, 7) is 1.63. The zero-order valence-corrected chi connectivity index (χ0v) is 20.6. The third kappa shape index (κ3) is 4.71. The summed E-state index contributed by atoms with van der Waals surface area (Å²) in [6.07, 6.45) is 1.03. The van der Waals surface area contributed by atoms with Gasteiger partial charge in [-0.3, -0.25) is 15.0 Å². The Hall–Kier alpha value is -2.33. The zero-order valence-electron chi connectivity index (χ0n) is 17.5. The van der Waals surface area contributed by atoms with E-state index in [9.17, 15) is 18.0 Å². The predicted octanol–water partition coefficient (Wildman–Crippen LogP) is 3.97. The summed E-state index contributed by atoms with van der Waals surface area (Å²) in [5.74, 6) is -1.08. The number of hydrogen-bond donors (Lipinski definition) is 1. The monoisotopic (exact) mass is 516 g/mol. The quantitative estimate of drug-likeness (QED) is 0.662. The lowest BCUT2D eigenvalue weighted by Crippen LogP contribution is -2.36. The van der Waals surface area contributed by atoms with Gasteiger partial charge in [-0.15, -0.1) is 0 Å². The van der Waals surface area contributed by atoms with E-state index in [4.69, 9.17) is 34.8 Å². The Bertz CT molecular complexity index is 1240. The maximum Gasteiger partial charge on any atom is 0.256 e. The van der Waals surface area contributed by atoms with Crippen molar-refractivity contribution < 1.29 is 18.0 Å². The minimum Gasteiger partial charge on any atom is -0.345 e. The number of amides is 2. The van der Waals surface area contributed by atoms with Crippen LogP contribution in [0, 0.1) is 5.92 Å². The van der Waals surface area contributed by atoms with Gasteiger partial charge in [0, 0.05) is 25.9 Å². The Labute approximate surface area is 200 Å². The van der Waals surface area contributed by atoms with Gasteiger partial charge in [-0.1, -0.05) is 34.8 Å². The fourth-order valence-corrected chi connectivity index (χ4v) is 4.56. The molecule has 0 saturated carbocycles. The molecule has 2 amide bonds. The molecule has 0 bridgehead atoms. The number of rotatable bonds is 4. The first kappa shape index (κ1) is 24.3. The van der Waals surface area contributed by atoms with Crippen LogP contribution in [0.25, 0.3) is 0 Å². The van der Waals surface area contributed by atoms with Crippen LogP contribution in [0.2, 0.25) is 15.1 Å². The van der Waals surface area contributed by atoms with Gasteiger partial charge in [-0.2, -0.15) is 0 Å². The first-order valence-corrected chi connectivity index (χ1v) is 12.2. The molecule has 170 valence electrons. The molecule has 12 heteroatoms. The van der Waals surface area contributed by atoms with Crippen molar-refractivity contribution in [3.05, 3.63) is 51.0 Å². The normalized spacial score (nSPS) is 17.6. The fourth-order valence-electron chi connectivity index (χ4n) is 2.95. The molecule has 1 heterocycles. The number of anilines is 1. The molecular weight excluding hydrogens is 499 g/mol. The molecule has 1 aliphatic rings. The lowest BCUT2D eigenvalue weighted by atomic mass is 10.1. The molecule has 0 aliphatic carbocycles. The fraction of sp³-hybridized carbons (Fsp3) is 0.250. The standard InChI is InChI=1S/C20H19Cl3N4O4S/c1-10-18(24-16-7-11(5-6-13(16)21)20(29)26(2)3)25-27(19(10)28)17-14(22)8-12(9-15(17)23)32(4,30)31/h5-10H,1-4H3,(H,24,25). The van der Waals surface area contributed by atoms with Crippen LogP contribution >= 0.6 is 34.8 Å². The molecule has 2 aromatic carbocycles. The van der Waals surface area contributed by atoms with Gasteiger partial charge in [-0.25, -0.2) is 18.4 Å². The maximum absolute atomic E-state index is 12.9. The third-order valence-corrected chi connectivity index (χ3v) is 6.70. The summed E-state index contributed by atoms with van der Waals surface area (Å²) in [5, 5.41) is 1.36. The van der Waals surface area contributed by atoms with Gasteiger partial charge in [-0.05, 0) is 37.3 Å². The zero-order chi connectivity index (χ0) is 24.0. The number of carbonyl (C=O) groups excluding carboxylic acids is 2. The molecule has 0 radical (unpaired) electrons. The SMILES string of the molecule is CC1C(=O)N(c2c(Cl)cc(S(C)(=O)=O)cc2Cl)NC1=Nc1cc(C(=O)N(C)C)ccc1Cl. The van der Waals surface area contributed by atoms with E-state index in [1.54, 1.807) is 33.2 Å². The van der Waals surface area contributed by atoms with E-state index in [0.29, 0.717) is 16.3 Å². The van der Waals surface area contributed by atoms with Crippen LogP contribution in [-0.4, -0.2) is 51.3 Å². The third-order valence-electron chi connectivity index (χ3n) is 4.71. The van der Waals surface area contributed by atoms with Gasteiger partial charge < -0.3 is 4.90 Å². The van der Waals surface area contributed by atoms with Crippen molar-refractivity contribution >= 4 is 73.7 Å². The van der Waals surface area contributed by atoms with Crippen molar-refractivity contribution in [3.8, 4) is 0 Å². The van der Waals surface area contributed by atoms with Crippen LogP contribution < -0.4 is 10.4 Å². The van der Waals surface area contributed by atoms with Crippen molar-refractivity contribution in [1.82, 2.24) is 10.3 Å². The van der Waals surface area contributed by atoms with Crippen LogP contribution in [0.3, 0.4) is 0 Å². The highest BCUT2D eigenvalue weighted by atomic mass is 35.5. The number of carbonyl (C=O) groups is 2. The predicted molar refractivity (Wildman–Crippen MR) is 126 cm³/mol. The Morgan fingerprint density at radius 3 is 2.22 bits per heavy atom. The number of sulfone groups is 1. The number of hydrazine groups is 1. The first-order valence-electron chi connectivity index (χ1n) is 9.20. The van der Waals surface area contributed by atoms with Gasteiger partial charge in [0.05, 0.1) is 31.6 Å². The largest absolute Gasteiger partial charge is 0.345 e. The summed E-state index contributed by atoms with van der Waals surface area (Å²) in [7, 11) is -0.294. The van der Waals surface area contributed by atoms with E-state index in [1.807, 2.05) is 0 Å². The van der Waals surface area contributed by atoms with Crippen molar-refractivity contribution in [2.45, 2.75) is 11.8 Å². The van der Waals surface area contributed by atoms with E-state index >= 15 is 0 Å². The Kier molecular flexibility index (Phi) is 6.76. The molecular formula is C20H19Cl3N4O4S. The lowest BCUT2D eigenvalue weighted by Gasteiger charge is -2.19. The second-order valence-electron chi connectivity index (χ2n) is 7.38. The van der Waals surface area contributed by atoms with E-state index in [-0.39, 0.29) is 32.4 Å². The Balaban J connectivity index is 2.01. The van der Waals surface area contributed by atoms with Crippen LogP contribution in [0.1, 0.15) is 17.3 Å². The van der Waals surface area contributed by atoms with Gasteiger partial charge in [0.15, 0.2) is 9.84 Å². The molecule has 1 atom stereocenters. The molecule has 8 nitrogen and oxygen atoms in total. The number of halogens is 3. The first-order chi connectivity index (χ1) is 14.8. The van der Waals surface area contributed by atoms with Crippen molar-refractivity contribution in [3.63, 3.8) is 0 Å².